The van der Waals surface area contributed by atoms with E-state index in [1.807, 2.05) is 0 Å². The summed E-state index contributed by atoms with van der Waals surface area (Å²) in [6, 6.07) is 0. The number of amides is 1. The van der Waals surface area contributed by atoms with Crippen molar-refractivity contribution in [3.8, 4) is 0 Å². The average molecular weight is 212 g/mol. The van der Waals surface area contributed by atoms with Crippen molar-refractivity contribution < 1.29 is 4.79 Å². The van der Waals surface area contributed by atoms with E-state index in [4.69, 9.17) is 5.73 Å². The molecule has 0 unspecified atom stereocenters. The van der Waals surface area contributed by atoms with E-state index in [9.17, 15) is 4.79 Å². The Hall–Kier alpha value is -0.870. The second-order valence-electron chi connectivity index (χ2n) is 3.25. The molecule has 3 nitrogen and oxygen atoms in total. The molecule has 0 spiro atoms. The molecular weight excluding hydrogens is 196 g/mol. The quantitative estimate of drug-likeness (QED) is 0.775. The second kappa shape index (κ2) is 5.78. The van der Waals surface area contributed by atoms with E-state index in [1.165, 1.54) is 11.1 Å². The van der Waals surface area contributed by atoms with E-state index in [-0.39, 0.29) is 5.91 Å². The van der Waals surface area contributed by atoms with Gasteiger partial charge in [-0.2, -0.15) is 11.3 Å². The summed E-state index contributed by atoms with van der Waals surface area (Å²) >= 11 is 1.66. The Morgan fingerprint density at radius 3 is 2.93 bits per heavy atom. The number of carbonyl (C=O) groups is 1. The third-order valence-electron chi connectivity index (χ3n) is 2.05. The fourth-order valence-corrected chi connectivity index (χ4v) is 1.97. The molecule has 0 aliphatic carbocycles. The molecule has 1 amide bonds. The highest BCUT2D eigenvalue weighted by Crippen LogP contribution is 2.12. The average Bonchev–Trinajstić information content (AvgIpc) is 2.58. The van der Waals surface area contributed by atoms with Crippen LogP contribution in [0.1, 0.15) is 24.0 Å². The molecule has 1 rings (SSSR count). The first-order chi connectivity index (χ1) is 6.74. The number of nitrogens with one attached hydrogen (secondary N) is 1. The molecule has 0 fully saturated rings. The summed E-state index contributed by atoms with van der Waals surface area (Å²) < 4.78 is 0. The summed E-state index contributed by atoms with van der Waals surface area (Å²) in [5.74, 6) is 0.0843. The highest BCUT2D eigenvalue weighted by molar-refractivity contribution is 7.08. The molecular formula is C10H16N2OS. The Labute approximate surface area is 88.3 Å². The normalized spacial score (nSPS) is 10.1. The topological polar surface area (TPSA) is 55.1 Å². The fourth-order valence-electron chi connectivity index (χ4n) is 1.11. The Bertz CT molecular complexity index is 296. The predicted octanol–water partition coefficient (Wildman–Crippen LogP) is 1.41. The molecule has 14 heavy (non-hydrogen) atoms. The van der Waals surface area contributed by atoms with Gasteiger partial charge in [0.25, 0.3) is 0 Å². The molecule has 1 heterocycles. The van der Waals surface area contributed by atoms with Crippen LogP contribution in [-0.4, -0.2) is 12.5 Å². The molecule has 4 heteroatoms. The van der Waals surface area contributed by atoms with Crippen LogP contribution in [0.25, 0.3) is 0 Å². The van der Waals surface area contributed by atoms with Gasteiger partial charge in [0.2, 0.25) is 5.91 Å². The van der Waals surface area contributed by atoms with Crippen LogP contribution in [0.3, 0.4) is 0 Å². The molecule has 0 aliphatic heterocycles. The van der Waals surface area contributed by atoms with Crippen molar-refractivity contribution >= 4 is 17.2 Å². The first-order valence-corrected chi connectivity index (χ1v) is 5.66. The van der Waals surface area contributed by atoms with Gasteiger partial charge >= 0.3 is 0 Å². The summed E-state index contributed by atoms with van der Waals surface area (Å²) in [7, 11) is 0. The lowest BCUT2D eigenvalue weighted by atomic mass is 10.2. The van der Waals surface area contributed by atoms with Crippen molar-refractivity contribution in [2.45, 2.75) is 26.3 Å². The van der Waals surface area contributed by atoms with Crippen molar-refractivity contribution in [1.29, 1.82) is 0 Å². The molecule has 0 aliphatic rings. The van der Waals surface area contributed by atoms with Crippen molar-refractivity contribution in [2.75, 3.05) is 6.54 Å². The van der Waals surface area contributed by atoms with Crippen LogP contribution in [0.2, 0.25) is 0 Å². The highest BCUT2D eigenvalue weighted by Gasteiger charge is 2.02. The minimum Gasteiger partial charge on any atom is -0.352 e. The van der Waals surface area contributed by atoms with E-state index in [0.717, 1.165) is 6.42 Å². The van der Waals surface area contributed by atoms with Crippen molar-refractivity contribution in [1.82, 2.24) is 5.32 Å². The fraction of sp³-hybridized carbons (Fsp3) is 0.500. The standard InChI is InChI=1S/C10H16N2OS/c1-8-6-14-7-9(8)5-12-10(13)3-2-4-11/h6-7H,2-5,11H2,1H3,(H,12,13). The van der Waals surface area contributed by atoms with Crippen LogP contribution >= 0.6 is 11.3 Å². The zero-order valence-corrected chi connectivity index (χ0v) is 9.19. The van der Waals surface area contributed by atoms with Crippen LogP contribution in [0.4, 0.5) is 0 Å². The van der Waals surface area contributed by atoms with Gasteiger partial charge in [-0.05, 0) is 41.8 Å². The van der Waals surface area contributed by atoms with Gasteiger partial charge in [0.15, 0.2) is 0 Å². The summed E-state index contributed by atoms with van der Waals surface area (Å²) in [6.07, 6.45) is 1.29. The van der Waals surface area contributed by atoms with E-state index in [2.05, 4.69) is 23.0 Å². The Morgan fingerprint density at radius 1 is 1.57 bits per heavy atom. The Balaban J connectivity index is 2.27. The third kappa shape index (κ3) is 3.47. The maximum Gasteiger partial charge on any atom is 0.220 e. The molecule has 0 aromatic carbocycles. The first-order valence-electron chi connectivity index (χ1n) is 4.72. The number of nitrogens with two attached hydrogens (primary N) is 1. The van der Waals surface area contributed by atoms with Crippen LogP contribution < -0.4 is 11.1 Å². The van der Waals surface area contributed by atoms with Gasteiger partial charge in [0.1, 0.15) is 0 Å². The number of hydrogen-bond acceptors (Lipinski definition) is 3. The van der Waals surface area contributed by atoms with Crippen molar-refractivity contribution in [3.05, 3.63) is 21.9 Å². The third-order valence-corrected chi connectivity index (χ3v) is 2.96. The van der Waals surface area contributed by atoms with E-state index in [1.54, 1.807) is 11.3 Å². The lowest BCUT2D eigenvalue weighted by Gasteiger charge is -2.03. The van der Waals surface area contributed by atoms with Gasteiger partial charge in [0.05, 0.1) is 0 Å². The van der Waals surface area contributed by atoms with E-state index < -0.39 is 0 Å². The molecule has 0 atom stereocenters. The van der Waals surface area contributed by atoms with Crippen LogP contribution in [0, 0.1) is 6.92 Å². The number of aryl methyl sites for hydroxylation is 1. The number of carbonyl (C=O) groups excluding carboxylic acids is 1. The van der Waals surface area contributed by atoms with E-state index in [0.29, 0.717) is 19.5 Å². The molecule has 0 saturated carbocycles. The Kier molecular flexibility index (Phi) is 4.62. The molecule has 3 N–H and O–H groups in total. The van der Waals surface area contributed by atoms with Crippen molar-refractivity contribution in [2.24, 2.45) is 5.73 Å². The molecule has 1 aromatic rings. The zero-order valence-electron chi connectivity index (χ0n) is 8.38. The van der Waals surface area contributed by atoms with Crippen LogP contribution in [0.15, 0.2) is 10.8 Å². The van der Waals surface area contributed by atoms with Gasteiger partial charge in [-0.25, -0.2) is 0 Å². The number of rotatable bonds is 5. The lowest BCUT2D eigenvalue weighted by Crippen LogP contribution is -2.23. The number of hydrogen-bond donors (Lipinski definition) is 2. The Morgan fingerprint density at radius 2 is 2.36 bits per heavy atom. The van der Waals surface area contributed by atoms with Crippen LogP contribution in [-0.2, 0) is 11.3 Å². The molecule has 0 saturated heterocycles. The maximum absolute atomic E-state index is 11.2. The van der Waals surface area contributed by atoms with Gasteiger partial charge in [-0.1, -0.05) is 0 Å². The van der Waals surface area contributed by atoms with Gasteiger partial charge in [-0.15, -0.1) is 0 Å². The minimum atomic E-state index is 0.0843. The molecule has 0 radical (unpaired) electrons. The zero-order chi connectivity index (χ0) is 10.4. The summed E-state index contributed by atoms with van der Waals surface area (Å²) in [5.41, 5.74) is 7.76. The SMILES string of the molecule is Cc1cscc1CNC(=O)CCCN. The smallest absolute Gasteiger partial charge is 0.220 e. The molecule has 1 aromatic heterocycles. The van der Waals surface area contributed by atoms with E-state index >= 15 is 0 Å². The second-order valence-corrected chi connectivity index (χ2v) is 3.99. The van der Waals surface area contributed by atoms with Gasteiger partial charge in [0, 0.05) is 13.0 Å². The number of thiophene rings is 1. The summed E-state index contributed by atoms with van der Waals surface area (Å²) in [6.45, 7) is 3.27. The van der Waals surface area contributed by atoms with Crippen molar-refractivity contribution in [3.63, 3.8) is 0 Å². The van der Waals surface area contributed by atoms with Gasteiger partial charge in [-0.3, -0.25) is 4.79 Å². The maximum atomic E-state index is 11.2. The van der Waals surface area contributed by atoms with Crippen LogP contribution in [0.5, 0.6) is 0 Å². The minimum absolute atomic E-state index is 0.0843. The summed E-state index contributed by atoms with van der Waals surface area (Å²) in [5, 5.41) is 7.03. The molecule has 0 bridgehead atoms. The lowest BCUT2D eigenvalue weighted by molar-refractivity contribution is -0.121. The highest BCUT2D eigenvalue weighted by atomic mass is 32.1. The first kappa shape index (κ1) is 11.2. The molecule has 78 valence electrons. The predicted molar refractivity (Wildman–Crippen MR) is 59.2 cm³/mol. The van der Waals surface area contributed by atoms with Gasteiger partial charge < -0.3 is 11.1 Å². The monoisotopic (exact) mass is 212 g/mol. The largest absolute Gasteiger partial charge is 0.352 e. The summed E-state index contributed by atoms with van der Waals surface area (Å²) in [4.78, 5) is 11.2.